The maximum Gasteiger partial charge on any atom is 0.471 e. The normalized spacial score (nSPS) is 11.6. The largest absolute Gasteiger partial charge is 0.471 e. The van der Waals surface area contributed by atoms with E-state index < -0.39 is 12.1 Å². The van der Waals surface area contributed by atoms with Gasteiger partial charge in [-0.05, 0) is 24.3 Å². The second-order valence-electron chi connectivity index (χ2n) is 4.80. The Morgan fingerprint density at radius 1 is 1.00 bits per heavy atom. The summed E-state index contributed by atoms with van der Waals surface area (Å²) in [6.07, 6.45) is -4.66. The van der Waals surface area contributed by atoms with Crippen LogP contribution in [0.25, 0.3) is 11.5 Å². The smallest absolute Gasteiger partial charge is 0.409 e. The van der Waals surface area contributed by atoms with Crippen molar-refractivity contribution in [3.05, 3.63) is 48.0 Å². The second-order valence-corrected chi connectivity index (χ2v) is 4.80. The summed E-state index contributed by atoms with van der Waals surface area (Å²) < 4.78 is 40.5. The number of oxime groups is 1. The van der Waals surface area contributed by atoms with Gasteiger partial charge in [0.15, 0.2) is 5.84 Å². The van der Waals surface area contributed by atoms with Crippen LogP contribution in [-0.4, -0.2) is 31.2 Å². The molecule has 3 rings (SSSR count). The lowest BCUT2D eigenvalue weighted by molar-refractivity contribution is -0.159. The van der Waals surface area contributed by atoms with Gasteiger partial charge in [0.2, 0.25) is 5.82 Å². The van der Waals surface area contributed by atoms with Crippen molar-refractivity contribution >= 4 is 17.5 Å². The van der Waals surface area contributed by atoms with Crippen molar-refractivity contribution < 1.29 is 22.9 Å². The fourth-order valence-electron chi connectivity index (χ4n) is 1.66. The number of alkyl halides is 3. The third-order valence-corrected chi connectivity index (χ3v) is 2.81. The molecule has 0 saturated carbocycles. The fourth-order valence-corrected chi connectivity index (χ4v) is 1.66. The van der Waals surface area contributed by atoms with E-state index in [-0.39, 0.29) is 23.2 Å². The average molecular weight is 382 g/mol. The Morgan fingerprint density at radius 2 is 1.63 bits per heavy atom. The van der Waals surface area contributed by atoms with Crippen molar-refractivity contribution in [2.24, 2.45) is 10.9 Å². The van der Waals surface area contributed by atoms with E-state index in [9.17, 15) is 13.2 Å². The van der Waals surface area contributed by atoms with Gasteiger partial charge in [-0.3, -0.25) is 0 Å². The van der Waals surface area contributed by atoms with Crippen molar-refractivity contribution in [2.75, 3.05) is 11.5 Å². The van der Waals surface area contributed by atoms with Crippen LogP contribution >= 0.6 is 0 Å². The summed E-state index contributed by atoms with van der Waals surface area (Å²) >= 11 is 0. The molecule has 0 atom stereocenters. The van der Waals surface area contributed by atoms with Gasteiger partial charge in [0.1, 0.15) is 23.0 Å². The van der Waals surface area contributed by atoms with E-state index in [2.05, 4.69) is 29.8 Å². The van der Waals surface area contributed by atoms with Crippen LogP contribution in [0.3, 0.4) is 0 Å². The van der Waals surface area contributed by atoms with Crippen molar-refractivity contribution in [1.82, 2.24) is 20.1 Å². The summed E-state index contributed by atoms with van der Waals surface area (Å²) in [5.74, 6) is -1.20. The lowest BCUT2D eigenvalue weighted by atomic mass is 10.3. The summed E-state index contributed by atoms with van der Waals surface area (Å²) in [6.45, 7) is 0. The third-order valence-electron chi connectivity index (χ3n) is 2.81. The van der Waals surface area contributed by atoms with E-state index in [1.807, 2.05) is 0 Å². The highest BCUT2D eigenvalue weighted by atomic mass is 19.4. The Labute approximate surface area is 149 Å². The van der Waals surface area contributed by atoms with Crippen LogP contribution in [0.15, 0.2) is 46.1 Å². The number of anilines is 2. The van der Waals surface area contributed by atoms with Gasteiger partial charge in [-0.25, -0.2) is 9.97 Å². The molecule has 3 aromatic rings. The first-order chi connectivity index (χ1) is 12.7. The molecule has 0 bridgehead atoms. The van der Waals surface area contributed by atoms with Crippen LogP contribution < -0.4 is 17.2 Å². The number of hydrogen-bond acceptors (Lipinski definition) is 9. The van der Waals surface area contributed by atoms with Gasteiger partial charge < -0.3 is 26.9 Å². The van der Waals surface area contributed by atoms with Crippen LogP contribution in [0.4, 0.5) is 24.8 Å². The number of rotatable bonds is 2. The first-order valence-electron chi connectivity index (χ1n) is 7.05. The Hall–Kier alpha value is -3.90. The lowest BCUT2D eigenvalue weighted by Gasteiger charge is -1.96. The minimum absolute atomic E-state index is 0.0442. The van der Waals surface area contributed by atoms with Gasteiger partial charge in [-0.15, -0.1) is 0 Å². The van der Waals surface area contributed by atoms with Gasteiger partial charge >= 0.3 is 12.1 Å². The molecular formula is C14H13F3N8O2. The highest BCUT2D eigenvalue weighted by molar-refractivity contribution is 5.95. The Balaban J connectivity index is 0.000000208. The molecule has 0 aromatic carbocycles. The number of amidine groups is 1. The molecule has 3 aromatic heterocycles. The van der Waals surface area contributed by atoms with Crippen LogP contribution in [0.2, 0.25) is 0 Å². The number of halogens is 3. The molecule has 7 N–H and O–H groups in total. The van der Waals surface area contributed by atoms with Gasteiger partial charge in [0, 0.05) is 0 Å². The van der Waals surface area contributed by atoms with Crippen molar-refractivity contribution in [3.63, 3.8) is 0 Å². The number of nitrogens with two attached hydrogens (primary N) is 3. The predicted molar refractivity (Wildman–Crippen MR) is 88.1 cm³/mol. The Bertz CT molecular complexity index is 942. The second kappa shape index (κ2) is 7.99. The van der Waals surface area contributed by atoms with E-state index in [0.717, 1.165) is 0 Å². The third kappa shape index (κ3) is 5.29. The summed E-state index contributed by atoms with van der Waals surface area (Å²) in [6, 6.07) is 9.35. The number of nitrogens with zero attached hydrogens (tertiary/aromatic N) is 5. The molecule has 0 aliphatic carbocycles. The molecule has 0 unspecified atom stereocenters. The minimum Gasteiger partial charge on any atom is -0.409 e. The zero-order chi connectivity index (χ0) is 20.0. The standard InChI is InChI=1S/C8H5F3N4O.C6H8N4O/c9-8(10,11)7-14-6(15-16-7)4-2-1-3-5(12)13-4;7-5-3-1-2-4(9-5)6(8)10-11/h1-3H,(H2,12,13);1-3,11H,(H2,7,9)(H2,8,10). The van der Waals surface area contributed by atoms with Crippen LogP contribution in [0.5, 0.6) is 0 Å². The Morgan fingerprint density at radius 3 is 2.15 bits per heavy atom. The van der Waals surface area contributed by atoms with Gasteiger partial charge in [0.25, 0.3) is 0 Å². The number of pyridine rings is 2. The van der Waals surface area contributed by atoms with Gasteiger partial charge in [-0.2, -0.15) is 18.2 Å². The molecule has 0 aliphatic rings. The molecule has 142 valence electrons. The zero-order valence-electron chi connectivity index (χ0n) is 13.4. The topological polar surface area (TPSA) is 175 Å². The monoisotopic (exact) mass is 382 g/mol. The zero-order valence-corrected chi connectivity index (χ0v) is 13.4. The summed E-state index contributed by atoms with van der Waals surface area (Å²) in [7, 11) is 0. The first kappa shape index (κ1) is 19.4. The van der Waals surface area contributed by atoms with Gasteiger partial charge in [0.05, 0.1) is 0 Å². The maximum absolute atomic E-state index is 12.2. The van der Waals surface area contributed by atoms with Crippen LogP contribution in [0, 0.1) is 0 Å². The minimum atomic E-state index is -4.66. The van der Waals surface area contributed by atoms with E-state index in [4.69, 9.17) is 22.4 Å². The van der Waals surface area contributed by atoms with Crippen molar-refractivity contribution in [3.8, 4) is 11.5 Å². The maximum atomic E-state index is 12.2. The number of hydrogen-bond donors (Lipinski definition) is 4. The first-order valence-corrected chi connectivity index (χ1v) is 7.05. The Kier molecular flexibility index (Phi) is 5.75. The van der Waals surface area contributed by atoms with Crippen LogP contribution in [0.1, 0.15) is 11.6 Å². The van der Waals surface area contributed by atoms with E-state index >= 15 is 0 Å². The molecular weight excluding hydrogens is 369 g/mol. The van der Waals surface area contributed by atoms with Gasteiger partial charge in [-0.1, -0.05) is 22.4 Å². The average Bonchev–Trinajstić information content (AvgIpc) is 3.12. The molecule has 0 saturated heterocycles. The SMILES string of the molecule is NC(=NO)c1cccc(N)n1.Nc1cccc(-c2noc(C(F)(F)F)n2)n1. The van der Waals surface area contributed by atoms with Crippen molar-refractivity contribution in [2.45, 2.75) is 6.18 Å². The molecule has 3 heterocycles. The predicted octanol–water partition coefficient (Wildman–Crippen LogP) is 1.49. The number of aromatic nitrogens is 4. The lowest BCUT2D eigenvalue weighted by Crippen LogP contribution is -2.15. The fraction of sp³-hybridized carbons (Fsp3) is 0.0714. The highest BCUT2D eigenvalue weighted by Crippen LogP contribution is 2.28. The van der Waals surface area contributed by atoms with E-state index in [1.165, 1.54) is 18.2 Å². The van der Waals surface area contributed by atoms with E-state index in [1.54, 1.807) is 18.2 Å². The molecule has 13 heteroatoms. The quantitative estimate of drug-likeness (QED) is 0.221. The molecule has 0 radical (unpaired) electrons. The molecule has 0 amide bonds. The molecule has 10 nitrogen and oxygen atoms in total. The highest BCUT2D eigenvalue weighted by Gasteiger charge is 2.38. The summed E-state index contributed by atoms with van der Waals surface area (Å²) in [5, 5.41) is 14.2. The molecule has 0 spiro atoms. The van der Waals surface area contributed by atoms with Crippen LogP contribution in [-0.2, 0) is 6.18 Å². The van der Waals surface area contributed by atoms with E-state index in [0.29, 0.717) is 11.5 Å². The molecule has 0 fully saturated rings. The summed E-state index contributed by atoms with van der Waals surface area (Å²) in [5.41, 5.74) is 16.5. The number of nitrogen functional groups attached to an aromatic ring is 2. The summed E-state index contributed by atoms with van der Waals surface area (Å²) in [4.78, 5) is 10.7. The molecule has 27 heavy (non-hydrogen) atoms. The molecule has 0 aliphatic heterocycles. The van der Waals surface area contributed by atoms with Crippen molar-refractivity contribution in [1.29, 1.82) is 0 Å².